The molecule has 0 bridgehead atoms. The van der Waals surface area contributed by atoms with E-state index in [-0.39, 0.29) is 30.1 Å². The molecule has 1 heterocycles. The van der Waals surface area contributed by atoms with Gasteiger partial charge in [0.2, 0.25) is 5.91 Å². The molecule has 9 heteroatoms. The smallest absolute Gasteiger partial charge is 0.235 e. The number of halogens is 3. The molecule has 1 aromatic carbocycles. The maximum atomic E-state index is 13.5. The molecular formula is C16H23ClF2N2O3S. The molecule has 2 unspecified atom stereocenters. The van der Waals surface area contributed by atoms with Gasteiger partial charge in [-0.1, -0.05) is 13.0 Å². The van der Waals surface area contributed by atoms with Crippen molar-refractivity contribution in [3.63, 3.8) is 0 Å². The summed E-state index contributed by atoms with van der Waals surface area (Å²) in [5, 5.41) is 5.84. The molecule has 2 N–H and O–H groups in total. The number of piperidine rings is 1. The van der Waals surface area contributed by atoms with E-state index in [9.17, 15) is 22.0 Å². The summed E-state index contributed by atoms with van der Waals surface area (Å²) in [7, 11) is -3.42. The van der Waals surface area contributed by atoms with E-state index in [0.29, 0.717) is 31.5 Å². The zero-order valence-corrected chi connectivity index (χ0v) is 15.6. The Morgan fingerprint density at radius 3 is 2.68 bits per heavy atom. The lowest BCUT2D eigenvalue weighted by molar-refractivity contribution is -0.119. The van der Waals surface area contributed by atoms with Crippen molar-refractivity contribution in [3.8, 4) is 0 Å². The van der Waals surface area contributed by atoms with E-state index >= 15 is 0 Å². The van der Waals surface area contributed by atoms with Crippen molar-refractivity contribution in [2.24, 2.45) is 0 Å². The summed E-state index contributed by atoms with van der Waals surface area (Å²) >= 11 is 0. The van der Waals surface area contributed by atoms with Gasteiger partial charge in [0, 0.05) is 18.5 Å². The molecule has 0 aliphatic carbocycles. The molecule has 0 radical (unpaired) electrons. The second-order valence-corrected chi connectivity index (χ2v) is 8.22. The first-order valence-corrected chi connectivity index (χ1v) is 9.80. The van der Waals surface area contributed by atoms with Gasteiger partial charge >= 0.3 is 0 Å². The maximum Gasteiger partial charge on any atom is 0.235 e. The molecular weight excluding hydrogens is 374 g/mol. The Labute approximate surface area is 152 Å². The van der Waals surface area contributed by atoms with Crippen LogP contribution in [0.15, 0.2) is 18.2 Å². The quantitative estimate of drug-likeness (QED) is 0.768. The number of sulfone groups is 1. The molecule has 2 rings (SSSR count). The standard InChI is InChI=1S/C16H22F2N2O3S.ClH/c1-2-7-24(22,23)10-16(21)20-15-9-19-6-5-12(15)11-3-4-13(17)14(18)8-11;/h3-4,8,12,15,19H,2,5-7,9-10H2,1H3,(H,20,21);1H. The van der Waals surface area contributed by atoms with Crippen LogP contribution in [0.2, 0.25) is 0 Å². The number of carbonyl (C=O) groups is 1. The Balaban J connectivity index is 0.00000312. The third-order valence-corrected chi connectivity index (χ3v) is 5.80. The van der Waals surface area contributed by atoms with E-state index < -0.39 is 33.1 Å². The Hall–Kier alpha value is -1.25. The Morgan fingerprint density at radius 1 is 1.32 bits per heavy atom. The molecule has 142 valence electrons. The summed E-state index contributed by atoms with van der Waals surface area (Å²) in [5.74, 6) is -3.19. The lowest BCUT2D eigenvalue weighted by atomic mass is 9.86. The Morgan fingerprint density at radius 2 is 2.04 bits per heavy atom. The van der Waals surface area contributed by atoms with Crippen LogP contribution in [0.3, 0.4) is 0 Å². The van der Waals surface area contributed by atoms with Crippen LogP contribution < -0.4 is 10.6 Å². The molecule has 2 atom stereocenters. The number of nitrogens with one attached hydrogen (secondary N) is 2. The number of amides is 1. The molecule has 1 amide bonds. The predicted molar refractivity (Wildman–Crippen MR) is 94.7 cm³/mol. The third kappa shape index (κ3) is 6.20. The van der Waals surface area contributed by atoms with Gasteiger partial charge in [-0.05, 0) is 37.1 Å². The van der Waals surface area contributed by atoms with Gasteiger partial charge in [-0.15, -0.1) is 12.4 Å². The highest BCUT2D eigenvalue weighted by atomic mass is 35.5. The van der Waals surface area contributed by atoms with Crippen LogP contribution in [0, 0.1) is 11.6 Å². The van der Waals surface area contributed by atoms with Gasteiger partial charge in [-0.2, -0.15) is 0 Å². The summed E-state index contributed by atoms with van der Waals surface area (Å²) in [6.07, 6.45) is 1.09. The second kappa shape index (κ2) is 9.45. The SMILES string of the molecule is CCCS(=O)(=O)CC(=O)NC1CNCCC1c1ccc(F)c(F)c1.Cl. The molecule has 25 heavy (non-hydrogen) atoms. The van der Waals surface area contributed by atoms with E-state index in [1.807, 2.05) is 0 Å². The average molecular weight is 397 g/mol. The number of hydrogen-bond acceptors (Lipinski definition) is 4. The highest BCUT2D eigenvalue weighted by Crippen LogP contribution is 2.27. The number of benzene rings is 1. The summed E-state index contributed by atoms with van der Waals surface area (Å²) < 4.78 is 50.1. The fraction of sp³-hybridized carbons (Fsp3) is 0.562. The van der Waals surface area contributed by atoms with Gasteiger partial charge in [0.25, 0.3) is 0 Å². The topological polar surface area (TPSA) is 75.3 Å². The molecule has 0 saturated carbocycles. The summed E-state index contributed by atoms with van der Waals surface area (Å²) in [6, 6.07) is 3.34. The van der Waals surface area contributed by atoms with Gasteiger partial charge in [0.15, 0.2) is 21.5 Å². The maximum absolute atomic E-state index is 13.5. The van der Waals surface area contributed by atoms with Crippen molar-refractivity contribution in [2.45, 2.75) is 31.7 Å². The van der Waals surface area contributed by atoms with Crippen molar-refractivity contribution in [1.29, 1.82) is 0 Å². The molecule has 1 aliphatic heterocycles. The lowest BCUT2D eigenvalue weighted by Crippen LogP contribution is -2.51. The lowest BCUT2D eigenvalue weighted by Gasteiger charge is -2.33. The largest absolute Gasteiger partial charge is 0.351 e. The minimum atomic E-state index is -3.42. The van der Waals surface area contributed by atoms with Crippen LogP contribution in [0.5, 0.6) is 0 Å². The number of carbonyl (C=O) groups excluding carboxylic acids is 1. The molecule has 0 spiro atoms. The number of hydrogen-bond donors (Lipinski definition) is 2. The molecule has 5 nitrogen and oxygen atoms in total. The Bertz CT molecular complexity index is 701. The van der Waals surface area contributed by atoms with Crippen LogP contribution >= 0.6 is 12.4 Å². The van der Waals surface area contributed by atoms with Gasteiger partial charge in [-0.3, -0.25) is 4.79 Å². The monoisotopic (exact) mass is 396 g/mol. The van der Waals surface area contributed by atoms with Crippen molar-refractivity contribution in [1.82, 2.24) is 10.6 Å². The fourth-order valence-electron chi connectivity index (χ4n) is 2.98. The molecule has 1 saturated heterocycles. The van der Waals surface area contributed by atoms with Gasteiger partial charge < -0.3 is 10.6 Å². The minimum absolute atomic E-state index is 0. The van der Waals surface area contributed by atoms with Crippen LogP contribution in [0.1, 0.15) is 31.2 Å². The van der Waals surface area contributed by atoms with Crippen LogP contribution in [-0.2, 0) is 14.6 Å². The van der Waals surface area contributed by atoms with E-state index in [4.69, 9.17) is 0 Å². The summed E-state index contributed by atoms with van der Waals surface area (Å²) in [4.78, 5) is 12.0. The highest BCUT2D eigenvalue weighted by Gasteiger charge is 2.29. The van der Waals surface area contributed by atoms with Gasteiger partial charge in [-0.25, -0.2) is 17.2 Å². The first-order chi connectivity index (χ1) is 11.3. The van der Waals surface area contributed by atoms with Gasteiger partial charge in [0.05, 0.1) is 5.75 Å². The van der Waals surface area contributed by atoms with E-state index in [0.717, 1.165) is 12.1 Å². The molecule has 0 aromatic heterocycles. The van der Waals surface area contributed by atoms with Crippen LogP contribution in [0.4, 0.5) is 8.78 Å². The molecule has 1 fully saturated rings. The summed E-state index contributed by atoms with van der Waals surface area (Å²) in [5.41, 5.74) is 0.595. The predicted octanol–water partition coefficient (Wildman–Crippen LogP) is 1.77. The van der Waals surface area contributed by atoms with Gasteiger partial charge in [0.1, 0.15) is 5.75 Å². The zero-order valence-electron chi connectivity index (χ0n) is 13.9. The Kier molecular flexibility index (Phi) is 8.24. The molecule has 1 aromatic rings. The third-order valence-electron chi connectivity index (χ3n) is 4.07. The summed E-state index contributed by atoms with van der Waals surface area (Å²) in [6.45, 7) is 2.87. The molecule has 1 aliphatic rings. The van der Waals surface area contributed by atoms with Crippen molar-refractivity contribution >= 4 is 28.2 Å². The van der Waals surface area contributed by atoms with Crippen molar-refractivity contribution < 1.29 is 22.0 Å². The number of rotatable bonds is 6. The van der Waals surface area contributed by atoms with E-state index in [1.165, 1.54) is 6.07 Å². The fourth-order valence-corrected chi connectivity index (χ4v) is 4.23. The zero-order chi connectivity index (χ0) is 17.7. The van der Waals surface area contributed by atoms with E-state index in [1.54, 1.807) is 6.92 Å². The van der Waals surface area contributed by atoms with Crippen molar-refractivity contribution in [3.05, 3.63) is 35.4 Å². The highest BCUT2D eigenvalue weighted by molar-refractivity contribution is 7.92. The minimum Gasteiger partial charge on any atom is -0.351 e. The first kappa shape index (κ1) is 21.8. The second-order valence-electron chi connectivity index (χ2n) is 6.04. The van der Waals surface area contributed by atoms with E-state index in [2.05, 4.69) is 10.6 Å². The van der Waals surface area contributed by atoms with Crippen LogP contribution in [-0.4, -0.2) is 45.0 Å². The normalized spacial score (nSPS) is 20.6. The average Bonchev–Trinajstić information content (AvgIpc) is 2.50. The first-order valence-electron chi connectivity index (χ1n) is 7.98. The van der Waals surface area contributed by atoms with Crippen LogP contribution in [0.25, 0.3) is 0 Å². The van der Waals surface area contributed by atoms with Crippen molar-refractivity contribution in [2.75, 3.05) is 24.6 Å².